The minimum absolute atomic E-state index is 0.0159. The van der Waals surface area contributed by atoms with E-state index in [1.165, 1.54) is 0 Å². The molecule has 1 saturated heterocycles. The Morgan fingerprint density at radius 1 is 1.50 bits per heavy atom. The van der Waals surface area contributed by atoms with Gasteiger partial charge in [-0.15, -0.1) is 0 Å². The van der Waals surface area contributed by atoms with Crippen molar-refractivity contribution in [2.24, 2.45) is 17.6 Å². The third-order valence-corrected chi connectivity index (χ3v) is 3.91. The van der Waals surface area contributed by atoms with Crippen LogP contribution in [0.25, 0.3) is 0 Å². The monoisotopic (exact) mass is 256 g/mol. The fraction of sp³-hybridized carbons (Fsp3) is 0.846. The maximum atomic E-state index is 12.1. The largest absolute Gasteiger partial charge is 0.481 e. The maximum absolute atomic E-state index is 12.1. The number of hydrogen-bond acceptors (Lipinski definition) is 3. The second kappa shape index (κ2) is 6.73. The average molecular weight is 256 g/mol. The minimum Gasteiger partial charge on any atom is -0.481 e. The van der Waals surface area contributed by atoms with E-state index in [4.69, 9.17) is 10.8 Å². The number of carboxylic acid groups (broad SMARTS) is 1. The van der Waals surface area contributed by atoms with Gasteiger partial charge >= 0.3 is 5.97 Å². The van der Waals surface area contributed by atoms with Gasteiger partial charge in [0.1, 0.15) is 0 Å². The number of carboxylic acids is 1. The highest BCUT2D eigenvalue weighted by molar-refractivity contribution is 5.82. The smallest absolute Gasteiger partial charge is 0.303 e. The van der Waals surface area contributed by atoms with Crippen LogP contribution in [0.15, 0.2) is 0 Å². The normalized spacial score (nSPS) is 22.8. The Hall–Kier alpha value is -1.10. The lowest BCUT2D eigenvalue weighted by atomic mass is 9.99. The fourth-order valence-electron chi connectivity index (χ4n) is 2.30. The number of carbonyl (C=O) groups excluding carboxylic acids is 1. The summed E-state index contributed by atoms with van der Waals surface area (Å²) in [5.41, 5.74) is 5.93. The summed E-state index contributed by atoms with van der Waals surface area (Å²) in [6.45, 7) is 5.39. The number of nitrogens with two attached hydrogens (primary N) is 1. The van der Waals surface area contributed by atoms with Crippen LogP contribution in [-0.4, -0.2) is 41.0 Å². The summed E-state index contributed by atoms with van der Waals surface area (Å²) in [5, 5.41) is 8.64. The zero-order chi connectivity index (χ0) is 13.7. The predicted molar refractivity (Wildman–Crippen MR) is 69.0 cm³/mol. The van der Waals surface area contributed by atoms with Gasteiger partial charge in [0.15, 0.2) is 0 Å². The van der Waals surface area contributed by atoms with Gasteiger partial charge < -0.3 is 15.7 Å². The van der Waals surface area contributed by atoms with E-state index in [1.807, 2.05) is 13.8 Å². The summed E-state index contributed by atoms with van der Waals surface area (Å²) in [6, 6.07) is -0.423. The highest BCUT2D eigenvalue weighted by atomic mass is 16.4. The van der Waals surface area contributed by atoms with Gasteiger partial charge in [0.2, 0.25) is 5.91 Å². The van der Waals surface area contributed by atoms with Crippen molar-refractivity contribution in [3.63, 3.8) is 0 Å². The van der Waals surface area contributed by atoms with Crippen LogP contribution in [0.4, 0.5) is 0 Å². The number of rotatable bonds is 6. The summed E-state index contributed by atoms with van der Waals surface area (Å²) < 4.78 is 0. The molecule has 0 aromatic heterocycles. The van der Waals surface area contributed by atoms with Gasteiger partial charge in [0.25, 0.3) is 0 Å². The van der Waals surface area contributed by atoms with Crippen LogP contribution < -0.4 is 5.73 Å². The Labute approximate surface area is 108 Å². The third-order valence-electron chi connectivity index (χ3n) is 3.91. The van der Waals surface area contributed by atoms with Crippen LogP contribution in [0.5, 0.6) is 0 Å². The van der Waals surface area contributed by atoms with Crippen molar-refractivity contribution in [3.05, 3.63) is 0 Å². The second-order valence-electron chi connectivity index (χ2n) is 5.28. The second-order valence-corrected chi connectivity index (χ2v) is 5.28. The molecule has 104 valence electrons. The number of likely N-dealkylation sites (tertiary alicyclic amines) is 1. The van der Waals surface area contributed by atoms with Crippen molar-refractivity contribution in [1.82, 2.24) is 4.90 Å². The van der Waals surface area contributed by atoms with Crippen LogP contribution >= 0.6 is 0 Å². The molecule has 0 spiro atoms. The lowest BCUT2D eigenvalue weighted by Gasteiger charge is -2.24. The van der Waals surface area contributed by atoms with Crippen LogP contribution in [0.3, 0.4) is 0 Å². The molecule has 18 heavy (non-hydrogen) atoms. The number of aliphatic carboxylic acids is 1. The van der Waals surface area contributed by atoms with Gasteiger partial charge in [-0.25, -0.2) is 0 Å². The van der Waals surface area contributed by atoms with Crippen LogP contribution in [-0.2, 0) is 9.59 Å². The van der Waals surface area contributed by atoms with Crippen molar-refractivity contribution >= 4 is 11.9 Å². The molecule has 5 nitrogen and oxygen atoms in total. The van der Waals surface area contributed by atoms with Crippen molar-refractivity contribution < 1.29 is 14.7 Å². The standard InChI is InChI=1S/C13H24N2O3/c1-3-9(2)12(14)13(18)15-7-6-10(8-15)4-5-11(16)17/h9-10,12H,3-8,14H2,1-2H3,(H,16,17)/t9?,10?,12-/m0/s1. The quantitative estimate of drug-likeness (QED) is 0.744. The Kier molecular flexibility index (Phi) is 5.59. The topological polar surface area (TPSA) is 83.6 Å². The Morgan fingerprint density at radius 3 is 2.72 bits per heavy atom. The van der Waals surface area contributed by atoms with E-state index < -0.39 is 12.0 Å². The Morgan fingerprint density at radius 2 is 2.17 bits per heavy atom. The molecule has 0 saturated carbocycles. The van der Waals surface area contributed by atoms with Gasteiger partial charge in [-0.1, -0.05) is 20.3 Å². The third kappa shape index (κ3) is 3.98. The number of nitrogens with zero attached hydrogens (tertiary/aromatic N) is 1. The van der Waals surface area contributed by atoms with Crippen molar-refractivity contribution in [1.29, 1.82) is 0 Å². The molecule has 1 fully saturated rings. The van der Waals surface area contributed by atoms with E-state index in [1.54, 1.807) is 4.90 Å². The van der Waals surface area contributed by atoms with E-state index in [2.05, 4.69) is 0 Å². The van der Waals surface area contributed by atoms with Crippen LogP contribution in [0.2, 0.25) is 0 Å². The molecule has 0 aromatic carbocycles. The summed E-state index contributed by atoms with van der Waals surface area (Å²) in [4.78, 5) is 24.4. The van der Waals surface area contributed by atoms with E-state index >= 15 is 0 Å². The van der Waals surface area contributed by atoms with Gasteiger partial charge in [-0.05, 0) is 24.7 Å². The van der Waals surface area contributed by atoms with E-state index in [0.717, 1.165) is 12.8 Å². The van der Waals surface area contributed by atoms with E-state index in [-0.39, 0.29) is 18.2 Å². The molecule has 0 aromatic rings. The molecule has 1 aliphatic heterocycles. The predicted octanol–water partition coefficient (Wildman–Crippen LogP) is 1.07. The lowest BCUT2D eigenvalue weighted by Crippen LogP contribution is -2.46. The average Bonchev–Trinajstić information content (AvgIpc) is 2.82. The molecule has 0 aliphatic carbocycles. The van der Waals surface area contributed by atoms with E-state index in [9.17, 15) is 9.59 Å². The first kappa shape index (κ1) is 15.0. The molecule has 1 amide bonds. The number of amides is 1. The molecule has 5 heteroatoms. The minimum atomic E-state index is -0.768. The van der Waals surface area contributed by atoms with Crippen molar-refractivity contribution in [3.8, 4) is 0 Å². The summed E-state index contributed by atoms with van der Waals surface area (Å²) in [7, 11) is 0. The van der Waals surface area contributed by atoms with Gasteiger partial charge in [0.05, 0.1) is 6.04 Å². The van der Waals surface area contributed by atoms with Gasteiger partial charge in [0, 0.05) is 19.5 Å². The molecule has 3 atom stereocenters. The molecule has 1 rings (SSSR count). The first-order chi connectivity index (χ1) is 8.45. The fourth-order valence-corrected chi connectivity index (χ4v) is 2.30. The van der Waals surface area contributed by atoms with Gasteiger partial charge in [-0.2, -0.15) is 0 Å². The summed E-state index contributed by atoms with van der Waals surface area (Å²) in [6.07, 6.45) is 2.62. The van der Waals surface area contributed by atoms with Gasteiger partial charge in [-0.3, -0.25) is 9.59 Å². The van der Waals surface area contributed by atoms with Crippen molar-refractivity contribution in [2.75, 3.05) is 13.1 Å². The number of carbonyl (C=O) groups is 2. The van der Waals surface area contributed by atoms with E-state index in [0.29, 0.717) is 25.4 Å². The zero-order valence-electron chi connectivity index (χ0n) is 11.3. The van der Waals surface area contributed by atoms with Crippen LogP contribution in [0, 0.1) is 11.8 Å². The highest BCUT2D eigenvalue weighted by Gasteiger charge is 2.31. The lowest BCUT2D eigenvalue weighted by molar-refractivity contribution is -0.137. The molecular weight excluding hydrogens is 232 g/mol. The summed E-state index contributed by atoms with van der Waals surface area (Å²) in [5.74, 6) is -0.247. The highest BCUT2D eigenvalue weighted by Crippen LogP contribution is 2.22. The Bertz CT molecular complexity index is 307. The molecule has 1 aliphatic rings. The molecule has 1 heterocycles. The molecule has 3 N–H and O–H groups in total. The Balaban J connectivity index is 2.41. The molecule has 2 unspecified atom stereocenters. The molecule has 0 bridgehead atoms. The van der Waals surface area contributed by atoms with Crippen molar-refractivity contribution in [2.45, 2.75) is 45.6 Å². The zero-order valence-corrected chi connectivity index (χ0v) is 11.3. The summed E-state index contributed by atoms with van der Waals surface area (Å²) >= 11 is 0. The number of hydrogen-bond donors (Lipinski definition) is 2. The first-order valence-electron chi connectivity index (χ1n) is 6.71. The maximum Gasteiger partial charge on any atom is 0.303 e. The SMILES string of the molecule is CCC(C)[C@H](N)C(=O)N1CCC(CCC(=O)O)C1. The first-order valence-corrected chi connectivity index (χ1v) is 6.71. The van der Waals surface area contributed by atoms with Crippen LogP contribution in [0.1, 0.15) is 39.5 Å². The molecule has 0 radical (unpaired) electrons. The molecular formula is C13H24N2O3.